The van der Waals surface area contributed by atoms with Crippen LogP contribution in [0.3, 0.4) is 0 Å². The van der Waals surface area contributed by atoms with E-state index in [4.69, 9.17) is 5.10 Å². The summed E-state index contributed by atoms with van der Waals surface area (Å²) < 4.78 is 4.36. The molecule has 2 N–H and O–H groups in total. The van der Waals surface area contributed by atoms with Crippen molar-refractivity contribution in [1.82, 2.24) is 30.0 Å². The number of imidazole rings is 1. The molecule has 0 aliphatic rings. The highest BCUT2D eigenvalue weighted by atomic mass is 15.3. The first-order valence-corrected chi connectivity index (χ1v) is 11.5. The minimum Gasteiger partial charge on any atom is -0.356 e. The molecule has 0 aliphatic carbocycles. The van der Waals surface area contributed by atoms with Crippen molar-refractivity contribution in [3.8, 4) is 0 Å². The molecular formula is C26H33N7. The van der Waals surface area contributed by atoms with Crippen LogP contribution in [0.2, 0.25) is 0 Å². The van der Waals surface area contributed by atoms with E-state index in [2.05, 4.69) is 93.1 Å². The zero-order valence-corrected chi connectivity index (χ0v) is 20.0. The van der Waals surface area contributed by atoms with Gasteiger partial charge in [0, 0.05) is 37.9 Å². The molecule has 2 heterocycles. The number of para-hydroxylation sites is 2. The van der Waals surface area contributed by atoms with Crippen LogP contribution in [0.15, 0.2) is 59.6 Å². The molecule has 0 aliphatic heterocycles. The summed E-state index contributed by atoms with van der Waals surface area (Å²) >= 11 is 0. The molecule has 0 bridgehead atoms. The van der Waals surface area contributed by atoms with Crippen molar-refractivity contribution in [2.75, 3.05) is 13.6 Å². The van der Waals surface area contributed by atoms with Crippen molar-refractivity contribution >= 4 is 17.0 Å². The van der Waals surface area contributed by atoms with Gasteiger partial charge in [-0.1, -0.05) is 42.5 Å². The van der Waals surface area contributed by atoms with Crippen molar-refractivity contribution in [1.29, 1.82) is 0 Å². The first-order valence-electron chi connectivity index (χ1n) is 11.5. The average Bonchev–Trinajstić information content (AvgIpc) is 3.28. The fourth-order valence-corrected chi connectivity index (χ4v) is 4.22. The number of aryl methyl sites for hydroxylation is 3. The molecule has 7 nitrogen and oxygen atoms in total. The van der Waals surface area contributed by atoms with E-state index in [0.717, 1.165) is 49.0 Å². The highest BCUT2D eigenvalue weighted by Crippen LogP contribution is 2.16. The number of aromatic nitrogens is 4. The van der Waals surface area contributed by atoms with Gasteiger partial charge in [0.05, 0.1) is 23.3 Å². The number of benzene rings is 2. The first kappa shape index (κ1) is 22.6. The zero-order chi connectivity index (χ0) is 23.2. The molecule has 2 aromatic carbocycles. The monoisotopic (exact) mass is 443 g/mol. The number of fused-ring (bicyclic) bond motifs is 1. The molecule has 0 radical (unpaired) electrons. The van der Waals surface area contributed by atoms with Crippen molar-refractivity contribution in [2.45, 2.75) is 46.8 Å². The van der Waals surface area contributed by atoms with E-state index in [1.54, 1.807) is 7.05 Å². The van der Waals surface area contributed by atoms with Crippen LogP contribution in [0.5, 0.6) is 0 Å². The summed E-state index contributed by atoms with van der Waals surface area (Å²) in [6.45, 7) is 9.49. The standard InChI is InChI=1S/C26H33N7/c1-19-23(20(2)33(31-19)18-22-11-6-5-7-12-22)17-29-26(27-4)28-15-10-16-32-21(3)30-24-13-8-9-14-25(24)32/h5-9,11-14H,10,15-18H2,1-4H3,(H2,27,28,29). The van der Waals surface area contributed by atoms with E-state index in [1.165, 1.54) is 22.3 Å². The fourth-order valence-electron chi connectivity index (χ4n) is 4.22. The number of rotatable bonds is 8. The van der Waals surface area contributed by atoms with Crippen molar-refractivity contribution in [2.24, 2.45) is 4.99 Å². The van der Waals surface area contributed by atoms with Gasteiger partial charge in [0.25, 0.3) is 0 Å². The van der Waals surface area contributed by atoms with Gasteiger partial charge in [-0.05, 0) is 44.9 Å². The minimum atomic E-state index is 0.692. The van der Waals surface area contributed by atoms with Crippen LogP contribution in [0.1, 0.15) is 34.8 Å². The summed E-state index contributed by atoms with van der Waals surface area (Å²) in [6, 6.07) is 18.7. The maximum Gasteiger partial charge on any atom is 0.191 e. The van der Waals surface area contributed by atoms with Crippen LogP contribution in [0.25, 0.3) is 11.0 Å². The van der Waals surface area contributed by atoms with E-state index in [9.17, 15) is 0 Å². The highest BCUT2D eigenvalue weighted by molar-refractivity contribution is 5.79. The second kappa shape index (κ2) is 10.3. The van der Waals surface area contributed by atoms with Crippen LogP contribution < -0.4 is 10.6 Å². The SMILES string of the molecule is CN=C(NCCCn1c(C)nc2ccccc21)NCc1c(C)nn(Cc2ccccc2)c1C. The summed E-state index contributed by atoms with van der Waals surface area (Å²) in [5.41, 5.74) is 6.95. The molecule has 172 valence electrons. The molecule has 0 spiro atoms. The Hall–Kier alpha value is -3.61. The van der Waals surface area contributed by atoms with Gasteiger partial charge in [-0.2, -0.15) is 5.10 Å². The first-order chi connectivity index (χ1) is 16.1. The van der Waals surface area contributed by atoms with Gasteiger partial charge in [0.15, 0.2) is 5.96 Å². The minimum absolute atomic E-state index is 0.692. The maximum atomic E-state index is 4.75. The number of aliphatic imine (C=N–C) groups is 1. The zero-order valence-electron chi connectivity index (χ0n) is 20.0. The Bertz CT molecular complexity index is 1230. The van der Waals surface area contributed by atoms with Crippen molar-refractivity contribution < 1.29 is 0 Å². The van der Waals surface area contributed by atoms with Crippen LogP contribution in [-0.4, -0.2) is 38.9 Å². The molecule has 0 atom stereocenters. The number of guanidine groups is 1. The third-order valence-corrected chi connectivity index (χ3v) is 6.06. The molecule has 0 fully saturated rings. The van der Waals surface area contributed by atoms with Gasteiger partial charge in [-0.3, -0.25) is 9.67 Å². The Labute approximate surface area is 195 Å². The van der Waals surface area contributed by atoms with E-state index in [1.807, 2.05) is 12.1 Å². The lowest BCUT2D eigenvalue weighted by atomic mass is 10.2. The van der Waals surface area contributed by atoms with E-state index < -0.39 is 0 Å². The Morgan fingerprint density at radius 2 is 1.73 bits per heavy atom. The van der Waals surface area contributed by atoms with Gasteiger partial charge >= 0.3 is 0 Å². The molecular weight excluding hydrogens is 410 g/mol. The lowest BCUT2D eigenvalue weighted by Crippen LogP contribution is -2.37. The lowest BCUT2D eigenvalue weighted by molar-refractivity contribution is 0.624. The topological polar surface area (TPSA) is 72.1 Å². The van der Waals surface area contributed by atoms with Crippen LogP contribution in [-0.2, 0) is 19.6 Å². The summed E-state index contributed by atoms with van der Waals surface area (Å²) in [5, 5.41) is 11.6. The predicted octanol–water partition coefficient (Wildman–Crippen LogP) is 3.96. The van der Waals surface area contributed by atoms with Crippen molar-refractivity contribution in [3.63, 3.8) is 0 Å². The van der Waals surface area contributed by atoms with Gasteiger partial charge < -0.3 is 15.2 Å². The Kier molecular flexibility index (Phi) is 7.07. The number of nitrogens with one attached hydrogen (secondary N) is 2. The predicted molar refractivity (Wildman–Crippen MR) is 135 cm³/mol. The summed E-state index contributed by atoms with van der Waals surface area (Å²) in [5.74, 6) is 1.86. The summed E-state index contributed by atoms with van der Waals surface area (Å²) in [6.07, 6.45) is 0.981. The Morgan fingerprint density at radius 3 is 2.52 bits per heavy atom. The molecule has 0 unspecified atom stereocenters. The third kappa shape index (κ3) is 5.25. The van der Waals surface area contributed by atoms with E-state index in [-0.39, 0.29) is 0 Å². The molecule has 0 amide bonds. The summed E-state index contributed by atoms with van der Waals surface area (Å²) in [4.78, 5) is 9.04. The molecule has 0 saturated carbocycles. The van der Waals surface area contributed by atoms with Crippen molar-refractivity contribution in [3.05, 3.63) is 82.9 Å². The fraction of sp³-hybridized carbons (Fsp3) is 0.346. The van der Waals surface area contributed by atoms with Crippen LogP contribution in [0, 0.1) is 20.8 Å². The molecule has 4 aromatic rings. The molecule has 0 saturated heterocycles. The quantitative estimate of drug-likeness (QED) is 0.246. The third-order valence-electron chi connectivity index (χ3n) is 6.06. The normalized spacial score (nSPS) is 11.8. The number of hydrogen-bond donors (Lipinski definition) is 2. The van der Waals surface area contributed by atoms with Gasteiger partial charge in [-0.25, -0.2) is 4.98 Å². The Balaban J connectivity index is 1.29. The summed E-state index contributed by atoms with van der Waals surface area (Å²) in [7, 11) is 1.81. The average molecular weight is 444 g/mol. The molecule has 33 heavy (non-hydrogen) atoms. The smallest absolute Gasteiger partial charge is 0.191 e. The van der Waals surface area contributed by atoms with Gasteiger partial charge in [0.2, 0.25) is 0 Å². The maximum absolute atomic E-state index is 4.75. The molecule has 2 aromatic heterocycles. The Morgan fingerprint density at radius 1 is 0.970 bits per heavy atom. The van der Waals surface area contributed by atoms with Gasteiger partial charge in [-0.15, -0.1) is 0 Å². The highest BCUT2D eigenvalue weighted by Gasteiger charge is 2.12. The number of nitrogens with zero attached hydrogens (tertiary/aromatic N) is 5. The largest absolute Gasteiger partial charge is 0.356 e. The molecule has 4 rings (SSSR count). The van der Waals surface area contributed by atoms with E-state index >= 15 is 0 Å². The molecule has 7 heteroatoms. The van der Waals surface area contributed by atoms with E-state index in [0.29, 0.717) is 6.54 Å². The second-order valence-corrected chi connectivity index (χ2v) is 8.30. The lowest BCUT2D eigenvalue weighted by Gasteiger charge is -2.13. The number of hydrogen-bond acceptors (Lipinski definition) is 3. The van der Waals surface area contributed by atoms with Crippen LogP contribution in [0.4, 0.5) is 0 Å². The van der Waals surface area contributed by atoms with Gasteiger partial charge in [0.1, 0.15) is 5.82 Å². The second-order valence-electron chi connectivity index (χ2n) is 8.30. The van der Waals surface area contributed by atoms with Crippen LogP contribution >= 0.6 is 0 Å².